The third-order valence-corrected chi connectivity index (χ3v) is 4.15. The largest absolute Gasteiger partial charge is 0.466 e. The van der Waals surface area contributed by atoms with Gasteiger partial charge in [-0.05, 0) is 43.4 Å². The van der Waals surface area contributed by atoms with Gasteiger partial charge in [0.25, 0.3) is 0 Å². The monoisotopic (exact) mass is 362 g/mol. The van der Waals surface area contributed by atoms with Crippen LogP contribution in [0, 0.1) is 0 Å². The van der Waals surface area contributed by atoms with Gasteiger partial charge in [0.1, 0.15) is 17.6 Å². The molecule has 1 atom stereocenters. The number of halogens is 1. The number of benzene rings is 1. The van der Waals surface area contributed by atoms with Crippen LogP contribution in [-0.4, -0.2) is 18.2 Å². The highest BCUT2D eigenvalue weighted by Gasteiger charge is 2.32. The molecule has 1 aliphatic rings. The molecule has 0 spiro atoms. The van der Waals surface area contributed by atoms with Crippen molar-refractivity contribution in [2.24, 2.45) is 0 Å². The van der Waals surface area contributed by atoms with E-state index in [1.54, 1.807) is 19.1 Å². The molecule has 0 aliphatic carbocycles. The predicted molar refractivity (Wildman–Crippen MR) is 95.5 cm³/mol. The minimum atomic E-state index is -0.515. The zero-order valence-electron chi connectivity index (χ0n) is 13.1. The molecule has 1 aliphatic heterocycles. The van der Waals surface area contributed by atoms with Gasteiger partial charge in [0.2, 0.25) is 0 Å². The molecule has 2 aromatic rings. The Morgan fingerprint density at radius 3 is 2.83 bits per heavy atom. The fraction of sp³-hybridized carbons (Fsp3) is 0.176. The van der Waals surface area contributed by atoms with Crippen LogP contribution < -0.4 is 10.6 Å². The maximum absolute atomic E-state index is 12.1. The number of carbonyl (C=O) groups excluding carboxylic acids is 1. The van der Waals surface area contributed by atoms with Crippen LogP contribution >= 0.6 is 23.8 Å². The van der Waals surface area contributed by atoms with Crippen LogP contribution in [0.4, 0.5) is 0 Å². The van der Waals surface area contributed by atoms with Gasteiger partial charge >= 0.3 is 5.97 Å². The molecule has 0 saturated carbocycles. The number of thiocarbonyl (C=S) groups is 1. The molecule has 0 amide bonds. The fourth-order valence-corrected chi connectivity index (χ4v) is 3.05. The summed E-state index contributed by atoms with van der Waals surface area (Å²) in [6.45, 7) is 1.77. The molecule has 0 unspecified atom stereocenters. The van der Waals surface area contributed by atoms with Gasteiger partial charge in [-0.1, -0.05) is 23.7 Å². The highest BCUT2D eigenvalue weighted by atomic mass is 35.5. The molecular formula is C17H15ClN2O3S. The maximum atomic E-state index is 12.1. The van der Waals surface area contributed by atoms with E-state index < -0.39 is 12.0 Å². The highest BCUT2D eigenvalue weighted by molar-refractivity contribution is 7.80. The molecule has 0 radical (unpaired) electrons. The zero-order valence-corrected chi connectivity index (χ0v) is 14.6. The Morgan fingerprint density at radius 2 is 2.12 bits per heavy atom. The Bertz CT molecular complexity index is 844. The van der Waals surface area contributed by atoms with E-state index in [4.69, 9.17) is 33.0 Å². The van der Waals surface area contributed by atoms with Crippen molar-refractivity contribution in [3.05, 3.63) is 58.5 Å². The number of allylic oxidation sites excluding steroid dienone is 1. The van der Waals surface area contributed by atoms with Crippen molar-refractivity contribution in [2.45, 2.75) is 13.0 Å². The smallest absolute Gasteiger partial charge is 0.338 e. The van der Waals surface area contributed by atoms with E-state index >= 15 is 0 Å². The molecular weight excluding hydrogens is 348 g/mol. The third-order valence-electron chi connectivity index (χ3n) is 3.69. The molecule has 1 aromatic heterocycles. The van der Waals surface area contributed by atoms with Crippen LogP contribution in [0.2, 0.25) is 5.02 Å². The van der Waals surface area contributed by atoms with Crippen molar-refractivity contribution < 1.29 is 13.9 Å². The molecule has 2 heterocycles. The van der Waals surface area contributed by atoms with Crippen molar-refractivity contribution in [1.29, 1.82) is 0 Å². The summed E-state index contributed by atoms with van der Waals surface area (Å²) < 4.78 is 10.8. The van der Waals surface area contributed by atoms with E-state index in [0.29, 0.717) is 32.9 Å². The summed E-state index contributed by atoms with van der Waals surface area (Å²) in [4.78, 5) is 12.1. The Hall–Kier alpha value is -2.31. The maximum Gasteiger partial charge on any atom is 0.338 e. The number of nitrogens with one attached hydrogen (secondary N) is 2. The van der Waals surface area contributed by atoms with E-state index in [1.165, 1.54) is 7.11 Å². The van der Waals surface area contributed by atoms with E-state index in [2.05, 4.69) is 10.6 Å². The normalized spacial score (nSPS) is 17.3. The molecule has 24 heavy (non-hydrogen) atoms. The molecule has 124 valence electrons. The lowest BCUT2D eigenvalue weighted by Crippen LogP contribution is -2.44. The number of rotatable bonds is 3. The third kappa shape index (κ3) is 3.16. The number of hydrogen-bond donors (Lipinski definition) is 2. The van der Waals surface area contributed by atoms with Crippen LogP contribution in [0.25, 0.3) is 11.3 Å². The Labute approximate surface area is 149 Å². The second kappa shape index (κ2) is 6.67. The minimum Gasteiger partial charge on any atom is -0.466 e. The van der Waals surface area contributed by atoms with Crippen molar-refractivity contribution in [1.82, 2.24) is 10.6 Å². The zero-order chi connectivity index (χ0) is 17.3. The van der Waals surface area contributed by atoms with Gasteiger partial charge in [0.05, 0.1) is 12.7 Å². The Kier molecular flexibility index (Phi) is 4.59. The summed E-state index contributed by atoms with van der Waals surface area (Å²) in [5.41, 5.74) is 1.92. The molecule has 2 N–H and O–H groups in total. The SMILES string of the molecule is COC(=O)C1=C(C)NC(=S)N[C@H]1c1ccc(-c2cccc(Cl)c2)o1. The quantitative estimate of drug-likeness (QED) is 0.643. The van der Waals surface area contributed by atoms with Gasteiger partial charge in [-0.15, -0.1) is 0 Å². The first-order valence-corrected chi connectivity index (χ1v) is 8.00. The van der Waals surface area contributed by atoms with Gasteiger partial charge in [-0.2, -0.15) is 0 Å². The minimum absolute atomic E-state index is 0.422. The number of methoxy groups -OCH3 is 1. The first-order chi connectivity index (χ1) is 11.5. The lowest BCUT2D eigenvalue weighted by molar-refractivity contribution is -0.136. The van der Waals surface area contributed by atoms with Gasteiger partial charge in [-0.25, -0.2) is 4.79 Å². The topological polar surface area (TPSA) is 63.5 Å². The summed E-state index contributed by atoms with van der Waals surface area (Å²) in [7, 11) is 1.34. The van der Waals surface area contributed by atoms with Gasteiger partial charge in [0.15, 0.2) is 5.11 Å². The number of carbonyl (C=O) groups is 1. The summed E-state index contributed by atoms with van der Waals surface area (Å²) in [6, 6.07) is 10.5. The lowest BCUT2D eigenvalue weighted by Gasteiger charge is -2.27. The average molecular weight is 363 g/mol. The lowest BCUT2D eigenvalue weighted by atomic mass is 10.0. The highest BCUT2D eigenvalue weighted by Crippen LogP contribution is 2.32. The first-order valence-electron chi connectivity index (χ1n) is 7.22. The van der Waals surface area contributed by atoms with Crippen LogP contribution in [0.15, 0.2) is 52.1 Å². The molecule has 5 nitrogen and oxygen atoms in total. The van der Waals surface area contributed by atoms with Crippen LogP contribution in [0.1, 0.15) is 18.7 Å². The predicted octanol–water partition coefficient (Wildman–Crippen LogP) is 3.57. The van der Waals surface area contributed by atoms with Crippen molar-refractivity contribution in [2.75, 3.05) is 7.11 Å². The molecule has 0 fully saturated rings. The second-order valence-electron chi connectivity index (χ2n) is 5.27. The molecule has 3 rings (SSSR count). The molecule has 0 saturated heterocycles. The summed E-state index contributed by atoms with van der Waals surface area (Å²) in [5, 5.41) is 7.02. The van der Waals surface area contributed by atoms with Crippen LogP contribution in [0.3, 0.4) is 0 Å². The van der Waals surface area contributed by atoms with E-state index in [1.807, 2.05) is 24.3 Å². The Morgan fingerprint density at radius 1 is 1.33 bits per heavy atom. The number of hydrogen-bond acceptors (Lipinski definition) is 4. The molecule has 1 aromatic carbocycles. The first kappa shape index (κ1) is 16.5. The van der Waals surface area contributed by atoms with Crippen molar-refractivity contribution in [3.63, 3.8) is 0 Å². The van der Waals surface area contributed by atoms with Gasteiger partial charge in [0, 0.05) is 16.3 Å². The van der Waals surface area contributed by atoms with Gasteiger partial charge < -0.3 is 19.8 Å². The fourth-order valence-electron chi connectivity index (χ4n) is 2.59. The average Bonchev–Trinajstić information content (AvgIpc) is 3.03. The van der Waals surface area contributed by atoms with E-state index in [-0.39, 0.29) is 0 Å². The van der Waals surface area contributed by atoms with E-state index in [0.717, 1.165) is 5.56 Å². The molecule has 0 bridgehead atoms. The van der Waals surface area contributed by atoms with Crippen LogP contribution in [-0.2, 0) is 9.53 Å². The number of ether oxygens (including phenoxy) is 1. The summed E-state index contributed by atoms with van der Waals surface area (Å²) >= 11 is 11.2. The summed E-state index contributed by atoms with van der Waals surface area (Å²) in [6.07, 6.45) is 0. The standard InChI is InChI=1S/C17H15ClN2O3S/c1-9-14(16(21)22-2)15(20-17(24)19-9)13-7-6-12(23-13)10-4-3-5-11(18)8-10/h3-8,15H,1-2H3,(H2,19,20,24)/t15-/m0/s1. The number of esters is 1. The van der Waals surface area contributed by atoms with Crippen molar-refractivity contribution in [3.8, 4) is 11.3 Å². The number of furan rings is 1. The van der Waals surface area contributed by atoms with Gasteiger partial charge in [-0.3, -0.25) is 0 Å². The van der Waals surface area contributed by atoms with E-state index in [9.17, 15) is 4.79 Å². The van der Waals surface area contributed by atoms with Crippen molar-refractivity contribution >= 4 is 34.9 Å². The molecule has 7 heteroatoms. The summed E-state index contributed by atoms with van der Waals surface area (Å²) in [5.74, 6) is 0.773. The van der Waals surface area contributed by atoms with Crippen LogP contribution in [0.5, 0.6) is 0 Å². The Balaban J connectivity index is 2.00. The second-order valence-corrected chi connectivity index (χ2v) is 6.12.